The van der Waals surface area contributed by atoms with Crippen molar-refractivity contribution in [2.24, 2.45) is 11.1 Å². The van der Waals surface area contributed by atoms with Gasteiger partial charge in [-0.3, -0.25) is 0 Å². The van der Waals surface area contributed by atoms with Crippen LogP contribution in [-0.4, -0.2) is 13.2 Å². The minimum absolute atomic E-state index is 0.0405. The van der Waals surface area contributed by atoms with Crippen LogP contribution in [0.2, 0.25) is 0 Å². The van der Waals surface area contributed by atoms with E-state index in [-0.39, 0.29) is 11.5 Å². The molecule has 2 N–H and O–H groups in total. The van der Waals surface area contributed by atoms with E-state index in [4.69, 9.17) is 15.2 Å². The van der Waals surface area contributed by atoms with Crippen molar-refractivity contribution < 1.29 is 9.47 Å². The minimum atomic E-state index is 0.0405. The van der Waals surface area contributed by atoms with E-state index >= 15 is 0 Å². The summed E-state index contributed by atoms with van der Waals surface area (Å²) < 4.78 is 11.5. The Bertz CT molecular complexity index is 695. The molecule has 1 atom stereocenters. The van der Waals surface area contributed by atoms with Gasteiger partial charge in [-0.15, -0.1) is 0 Å². The fraction of sp³-hybridized carbons (Fsp3) is 0.500. The predicted octanol–water partition coefficient (Wildman–Crippen LogP) is 5.88. The predicted molar refractivity (Wildman–Crippen MR) is 114 cm³/mol. The second kappa shape index (κ2) is 8.79. The highest BCUT2D eigenvalue weighted by Crippen LogP contribution is 2.36. The number of benzene rings is 2. The van der Waals surface area contributed by atoms with Crippen LogP contribution in [0.1, 0.15) is 65.1 Å². The summed E-state index contributed by atoms with van der Waals surface area (Å²) in [6.07, 6.45) is 1.13. The molecule has 0 aliphatic carbocycles. The van der Waals surface area contributed by atoms with Crippen molar-refractivity contribution in [1.82, 2.24) is 0 Å². The van der Waals surface area contributed by atoms with Gasteiger partial charge in [-0.1, -0.05) is 58.9 Å². The second-order valence-corrected chi connectivity index (χ2v) is 9.20. The molecule has 0 bridgehead atoms. The summed E-state index contributed by atoms with van der Waals surface area (Å²) in [5.74, 6) is 1.71. The van der Waals surface area contributed by atoms with E-state index in [9.17, 15) is 0 Å². The van der Waals surface area contributed by atoms with Crippen LogP contribution in [-0.2, 0) is 5.41 Å². The summed E-state index contributed by atoms with van der Waals surface area (Å²) in [6.45, 7) is 14.5. The summed E-state index contributed by atoms with van der Waals surface area (Å²) in [5.41, 5.74) is 8.75. The van der Waals surface area contributed by atoms with Gasteiger partial charge < -0.3 is 15.2 Å². The third kappa shape index (κ3) is 6.91. The Labute approximate surface area is 164 Å². The van der Waals surface area contributed by atoms with Crippen molar-refractivity contribution in [1.29, 1.82) is 0 Å². The van der Waals surface area contributed by atoms with E-state index in [1.807, 2.05) is 31.2 Å². The molecule has 0 aliphatic heterocycles. The Morgan fingerprint density at radius 3 is 1.63 bits per heavy atom. The summed E-state index contributed by atoms with van der Waals surface area (Å²) in [5, 5.41) is 0. The van der Waals surface area contributed by atoms with Crippen molar-refractivity contribution >= 4 is 0 Å². The van der Waals surface area contributed by atoms with Gasteiger partial charge in [0.2, 0.25) is 0 Å². The smallest absolute Gasteiger partial charge is 0.122 e. The number of hydrogen-bond donors (Lipinski definition) is 1. The summed E-state index contributed by atoms with van der Waals surface area (Å²) in [4.78, 5) is 0. The summed E-state index contributed by atoms with van der Waals surface area (Å²) in [6, 6.07) is 16.4. The first-order chi connectivity index (χ1) is 12.6. The molecule has 148 valence electrons. The zero-order valence-corrected chi connectivity index (χ0v) is 17.7. The molecule has 3 heteroatoms. The highest BCUT2D eigenvalue weighted by molar-refractivity contribution is 5.32. The number of nitrogens with two attached hydrogens (primary N) is 1. The van der Waals surface area contributed by atoms with E-state index in [0.717, 1.165) is 23.5 Å². The molecule has 2 aromatic rings. The molecular weight excluding hydrogens is 334 g/mol. The molecule has 0 fully saturated rings. The quantitative estimate of drug-likeness (QED) is 0.591. The fourth-order valence-corrected chi connectivity index (χ4v) is 3.62. The molecular formula is C24H35NO2. The molecule has 0 saturated heterocycles. The molecule has 0 aromatic heterocycles. The van der Waals surface area contributed by atoms with Crippen molar-refractivity contribution in [3.8, 4) is 11.5 Å². The maximum absolute atomic E-state index is 5.86. The molecule has 0 aliphatic rings. The Kier molecular flexibility index (Phi) is 6.94. The van der Waals surface area contributed by atoms with Crippen molar-refractivity contribution in [3.05, 3.63) is 59.7 Å². The number of ether oxygens (including phenoxy) is 2. The average Bonchev–Trinajstić information content (AvgIpc) is 2.57. The molecule has 0 spiro atoms. The lowest BCUT2D eigenvalue weighted by molar-refractivity contribution is 0.217. The van der Waals surface area contributed by atoms with Crippen LogP contribution in [0.5, 0.6) is 11.5 Å². The van der Waals surface area contributed by atoms with Gasteiger partial charge in [0.15, 0.2) is 0 Å². The van der Waals surface area contributed by atoms with Gasteiger partial charge in [0.05, 0.1) is 0 Å². The lowest BCUT2D eigenvalue weighted by Crippen LogP contribution is -2.24. The first kappa shape index (κ1) is 21.3. The van der Waals surface area contributed by atoms with Crippen molar-refractivity contribution in [2.75, 3.05) is 13.2 Å². The highest BCUT2D eigenvalue weighted by Gasteiger charge is 2.27. The Morgan fingerprint density at radius 1 is 0.778 bits per heavy atom. The van der Waals surface area contributed by atoms with Gasteiger partial charge in [0, 0.05) is 6.04 Å². The maximum atomic E-state index is 5.86. The lowest BCUT2D eigenvalue weighted by atomic mass is 9.72. The molecule has 2 rings (SSSR count). The zero-order chi connectivity index (χ0) is 20.1. The van der Waals surface area contributed by atoms with Gasteiger partial charge in [-0.25, -0.2) is 0 Å². The Hall–Kier alpha value is -2.00. The fourth-order valence-electron chi connectivity index (χ4n) is 3.62. The normalized spacial score (nSPS) is 13.3. The molecule has 0 saturated carbocycles. The van der Waals surface area contributed by atoms with Crippen LogP contribution >= 0.6 is 0 Å². The van der Waals surface area contributed by atoms with E-state index in [1.165, 1.54) is 5.56 Å². The van der Waals surface area contributed by atoms with Crippen LogP contribution in [0.15, 0.2) is 48.5 Å². The van der Waals surface area contributed by atoms with Crippen molar-refractivity contribution in [2.45, 2.75) is 59.4 Å². The van der Waals surface area contributed by atoms with Crippen LogP contribution < -0.4 is 15.2 Å². The Morgan fingerprint density at radius 2 is 1.22 bits per heavy atom. The van der Waals surface area contributed by atoms with E-state index in [2.05, 4.69) is 58.9 Å². The first-order valence-corrected chi connectivity index (χ1v) is 9.78. The summed E-state index contributed by atoms with van der Waals surface area (Å²) in [7, 11) is 0. The van der Waals surface area contributed by atoms with E-state index in [1.54, 1.807) is 0 Å². The minimum Gasteiger partial charge on any atom is -0.490 e. The third-order valence-electron chi connectivity index (χ3n) is 4.63. The van der Waals surface area contributed by atoms with Gasteiger partial charge in [-0.2, -0.15) is 0 Å². The van der Waals surface area contributed by atoms with Gasteiger partial charge in [0.1, 0.15) is 24.7 Å². The molecule has 0 heterocycles. The SMILES string of the molecule is CC(N)c1ccc(OCCOc2ccc(C(C)(C)CC(C)(C)C)cc2)cc1. The largest absolute Gasteiger partial charge is 0.490 e. The van der Waals surface area contributed by atoms with Crippen LogP contribution in [0.4, 0.5) is 0 Å². The van der Waals surface area contributed by atoms with E-state index in [0.29, 0.717) is 18.6 Å². The molecule has 3 nitrogen and oxygen atoms in total. The molecule has 1 unspecified atom stereocenters. The molecule has 2 aromatic carbocycles. The monoisotopic (exact) mass is 369 g/mol. The summed E-state index contributed by atoms with van der Waals surface area (Å²) >= 11 is 0. The van der Waals surface area contributed by atoms with Crippen LogP contribution in [0, 0.1) is 5.41 Å². The third-order valence-corrected chi connectivity index (χ3v) is 4.63. The van der Waals surface area contributed by atoms with Gasteiger partial charge >= 0.3 is 0 Å². The standard InChI is InChI=1S/C24H35NO2/c1-18(25)19-7-11-21(12-8-19)26-15-16-27-22-13-9-20(10-14-22)24(5,6)17-23(2,3)4/h7-14,18H,15-17,25H2,1-6H3. The molecule has 0 amide bonds. The maximum Gasteiger partial charge on any atom is 0.122 e. The van der Waals surface area contributed by atoms with Gasteiger partial charge in [-0.05, 0) is 59.6 Å². The first-order valence-electron chi connectivity index (χ1n) is 9.78. The zero-order valence-electron chi connectivity index (χ0n) is 17.7. The topological polar surface area (TPSA) is 44.5 Å². The average molecular weight is 370 g/mol. The Balaban J connectivity index is 1.81. The number of hydrogen-bond acceptors (Lipinski definition) is 3. The number of rotatable bonds is 8. The molecule has 27 heavy (non-hydrogen) atoms. The van der Waals surface area contributed by atoms with E-state index < -0.39 is 0 Å². The lowest BCUT2D eigenvalue weighted by Gasteiger charge is -2.33. The highest BCUT2D eigenvalue weighted by atomic mass is 16.5. The van der Waals surface area contributed by atoms with Crippen LogP contribution in [0.3, 0.4) is 0 Å². The second-order valence-electron chi connectivity index (χ2n) is 9.20. The van der Waals surface area contributed by atoms with Gasteiger partial charge in [0.25, 0.3) is 0 Å². The van der Waals surface area contributed by atoms with Crippen LogP contribution in [0.25, 0.3) is 0 Å². The molecule has 0 radical (unpaired) electrons. The van der Waals surface area contributed by atoms with Crippen molar-refractivity contribution in [3.63, 3.8) is 0 Å².